The summed E-state index contributed by atoms with van der Waals surface area (Å²) in [6.45, 7) is 27.3. The van der Waals surface area contributed by atoms with Gasteiger partial charge in [-0.15, -0.1) is 0 Å². The van der Waals surface area contributed by atoms with Gasteiger partial charge in [-0.2, -0.15) is 0 Å². The Bertz CT molecular complexity index is 2130. The number of aryl methyl sites for hydroxylation is 1. The Morgan fingerprint density at radius 1 is 0.729 bits per heavy atom. The number of para-hydroxylation sites is 1. The van der Waals surface area contributed by atoms with E-state index in [-0.39, 0.29) is 0 Å². The van der Waals surface area contributed by atoms with E-state index in [2.05, 4.69) is 184 Å². The molecule has 312 valence electrons. The van der Waals surface area contributed by atoms with Crippen LogP contribution in [0.15, 0.2) is 128 Å². The van der Waals surface area contributed by atoms with Gasteiger partial charge in [0.1, 0.15) is 0 Å². The summed E-state index contributed by atoms with van der Waals surface area (Å²) in [5.74, 6) is 0. The van der Waals surface area contributed by atoms with Gasteiger partial charge in [-0.05, 0) is 167 Å². The molecule has 59 heavy (non-hydrogen) atoms. The lowest BCUT2D eigenvalue weighted by atomic mass is 9.91. The van der Waals surface area contributed by atoms with Crippen molar-refractivity contribution in [2.75, 3.05) is 0 Å². The van der Waals surface area contributed by atoms with Crippen molar-refractivity contribution in [3.8, 4) is 11.4 Å². The van der Waals surface area contributed by atoms with E-state index in [9.17, 15) is 0 Å². The first-order valence-electron chi connectivity index (χ1n) is 22.6. The molecule has 0 bridgehead atoms. The van der Waals surface area contributed by atoms with Crippen LogP contribution in [0.2, 0.25) is 0 Å². The van der Waals surface area contributed by atoms with Crippen molar-refractivity contribution in [1.29, 1.82) is 0 Å². The summed E-state index contributed by atoms with van der Waals surface area (Å²) >= 11 is 0. The molecule has 0 fully saturated rings. The van der Waals surface area contributed by atoms with Gasteiger partial charge in [0.05, 0.1) is 5.69 Å². The lowest BCUT2D eigenvalue weighted by Crippen LogP contribution is -2.03. The molecule has 0 saturated heterocycles. The SMILES string of the molecule is C=Cc1c(CC/C=C(\C)C/C=C\c2c(C)c(C)c(/C=C\CC)n2-c2cc(C3=CC=CCC3)cc(C3=CC=CCC3)c2)cn(-c2ccccc2)c1/C=C\C.CC.CC.CC. The molecule has 0 radical (unpaired) electrons. The maximum atomic E-state index is 4.18. The standard InChI is InChI=1S/C51H56N2.3C2H6/c1-7-10-32-49-39(5)40(6)50(53(49)47-35-44(41-25-14-11-15-26-41)34-45(36-47)42-27-16-12-17-28-42)33-21-24-38(4)23-20-29-43-37-52(46-30-18-13-19-31-46)51(22-8-2)48(43)9-3;3*1-2/h8-14,16,18-19,21-23,25,27,30-37H,3,7,15,17,20,24,26,28-29H2,1-2,4-6H3;3*1-2H3/b22-8-,32-10-,33-21-,38-23+;;;. The smallest absolute Gasteiger partial charge is 0.0527 e. The quantitative estimate of drug-likeness (QED) is 0.113. The molecule has 4 aromatic rings. The predicted octanol–water partition coefficient (Wildman–Crippen LogP) is 17.5. The van der Waals surface area contributed by atoms with Crippen LogP contribution in [0, 0.1) is 13.8 Å². The zero-order valence-electron chi connectivity index (χ0n) is 38.5. The van der Waals surface area contributed by atoms with E-state index in [1.165, 1.54) is 78.6 Å². The number of nitrogens with zero attached hydrogens (tertiary/aromatic N) is 2. The van der Waals surface area contributed by atoms with Gasteiger partial charge in [-0.3, -0.25) is 0 Å². The molecule has 2 aliphatic rings. The molecular formula is C57H74N2. The van der Waals surface area contributed by atoms with Gasteiger partial charge in [0.15, 0.2) is 0 Å². The third kappa shape index (κ3) is 12.6. The molecule has 2 aromatic heterocycles. The van der Waals surface area contributed by atoms with Crippen molar-refractivity contribution in [2.45, 2.75) is 128 Å². The largest absolute Gasteiger partial charge is 0.316 e. The Morgan fingerprint density at radius 2 is 1.31 bits per heavy atom. The highest BCUT2D eigenvalue weighted by atomic mass is 15.0. The first-order chi connectivity index (χ1) is 28.9. The summed E-state index contributed by atoms with van der Waals surface area (Å²) in [5, 5.41) is 0. The van der Waals surface area contributed by atoms with Gasteiger partial charge in [-0.25, -0.2) is 0 Å². The van der Waals surface area contributed by atoms with Crippen molar-refractivity contribution in [3.05, 3.63) is 178 Å². The molecular weight excluding hydrogens is 713 g/mol. The van der Waals surface area contributed by atoms with Crippen LogP contribution in [-0.4, -0.2) is 9.13 Å². The number of aromatic nitrogens is 2. The summed E-state index contributed by atoms with van der Waals surface area (Å²) in [6, 6.07) is 17.8. The summed E-state index contributed by atoms with van der Waals surface area (Å²) in [4.78, 5) is 0. The fourth-order valence-electron chi connectivity index (χ4n) is 7.62. The second-order valence-corrected chi connectivity index (χ2v) is 14.3. The topological polar surface area (TPSA) is 9.86 Å². The minimum Gasteiger partial charge on any atom is -0.316 e. The zero-order chi connectivity index (χ0) is 43.2. The normalized spacial score (nSPS) is 13.7. The van der Waals surface area contributed by atoms with E-state index >= 15 is 0 Å². The molecule has 0 spiro atoms. The first-order valence-corrected chi connectivity index (χ1v) is 22.6. The van der Waals surface area contributed by atoms with Crippen LogP contribution in [0.4, 0.5) is 0 Å². The molecule has 0 atom stereocenters. The van der Waals surface area contributed by atoms with E-state index in [1.807, 2.05) is 47.6 Å². The fraction of sp³-hybridized carbons (Fsp3) is 0.333. The van der Waals surface area contributed by atoms with Crippen LogP contribution in [0.1, 0.15) is 158 Å². The summed E-state index contributed by atoms with van der Waals surface area (Å²) in [7, 11) is 0. The fourth-order valence-corrected chi connectivity index (χ4v) is 7.62. The molecule has 0 N–H and O–H groups in total. The Balaban J connectivity index is 0.00000148. The van der Waals surface area contributed by atoms with Gasteiger partial charge in [-0.1, -0.05) is 146 Å². The summed E-state index contributed by atoms with van der Waals surface area (Å²) in [6.07, 6.45) is 42.2. The molecule has 0 amide bonds. The second kappa shape index (κ2) is 25.9. The van der Waals surface area contributed by atoms with E-state index < -0.39 is 0 Å². The Morgan fingerprint density at radius 3 is 1.81 bits per heavy atom. The van der Waals surface area contributed by atoms with Gasteiger partial charge in [0, 0.05) is 34.5 Å². The molecule has 6 rings (SSSR count). The van der Waals surface area contributed by atoms with Crippen LogP contribution in [-0.2, 0) is 6.42 Å². The highest BCUT2D eigenvalue weighted by molar-refractivity contribution is 5.78. The number of rotatable bonds is 14. The van der Waals surface area contributed by atoms with E-state index in [1.54, 1.807) is 0 Å². The van der Waals surface area contributed by atoms with E-state index in [4.69, 9.17) is 0 Å². The maximum Gasteiger partial charge on any atom is 0.0527 e. The summed E-state index contributed by atoms with van der Waals surface area (Å²) < 4.78 is 4.80. The van der Waals surface area contributed by atoms with Crippen LogP contribution in [0.25, 0.3) is 46.8 Å². The lowest BCUT2D eigenvalue weighted by molar-refractivity contribution is 0.969. The van der Waals surface area contributed by atoms with Crippen molar-refractivity contribution in [1.82, 2.24) is 9.13 Å². The average molecular weight is 787 g/mol. The third-order valence-corrected chi connectivity index (χ3v) is 10.6. The summed E-state index contributed by atoms with van der Waals surface area (Å²) in [5.41, 5.74) is 18.2. The Hall–Kier alpha value is -5.34. The van der Waals surface area contributed by atoms with Crippen molar-refractivity contribution in [3.63, 3.8) is 0 Å². The number of hydrogen-bond donors (Lipinski definition) is 0. The van der Waals surface area contributed by atoms with Gasteiger partial charge < -0.3 is 9.13 Å². The molecule has 0 saturated carbocycles. The number of hydrogen-bond acceptors (Lipinski definition) is 0. The Kier molecular flexibility index (Phi) is 21.1. The molecule has 2 aromatic carbocycles. The molecule has 0 aliphatic heterocycles. The minimum atomic E-state index is 0.913. The first kappa shape index (κ1) is 48.0. The van der Waals surface area contributed by atoms with Crippen LogP contribution in [0.5, 0.6) is 0 Å². The van der Waals surface area contributed by atoms with E-state index in [0.717, 1.165) is 51.4 Å². The highest BCUT2D eigenvalue weighted by Gasteiger charge is 2.19. The third-order valence-electron chi connectivity index (χ3n) is 10.6. The van der Waals surface area contributed by atoms with Crippen molar-refractivity contribution in [2.24, 2.45) is 0 Å². The van der Waals surface area contributed by atoms with Crippen LogP contribution in [0.3, 0.4) is 0 Å². The number of benzene rings is 2. The highest BCUT2D eigenvalue weighted by Crippen LogP contribution is 2.35. The van der Waals surface area contributed by atoms with E-state index in [0.29, 0.717) is 0 Å². The van der Waals surface area contributed by atoms with Crippen molar-refractivity contribution >= 4 is 35.5 Å². The lowest BCUT2D eigenvalue weighted by Gasteiger charge is -2.19. The van der Waals surface area contributed by atoms with Gasteiger partial charge in [0.25, 0.3) is 0 Å². The van der Waals surface area contributed by atoms with Gasteiger partial charge >= 0.3 is 0 Å². The molecule has 2 heteroatoms. The molecule has 2 heterocycles. The predicted molar refractivity (Wildman–Crippen MR) is 268 cm³/mol. The Labute approximate surface area is 360 Å². The minimum absolute atomic E-state index is 0.913. The average Bonchev–Trinajstić information content (AvgIpc) is 3.77. The second-order valence-electron chi connectivity index (χ2n) is 14.3. The molecule has 0 unspecified atom stereocenters. The maximum absolute atomic E-state index is 4.18. The molecule has 2 aliphatic carbocycles. The van der Waals surface area contributed by atoms with Gasteiger partial charge in [0.2, 0.25) is 0 Å². The van der Waals surface area contributed by atoms with Crippen LogP contribution >= 0.6 is 0 Å². The zero-order valence-corrected chi connectivity index (χ0v) is 38.5. The molecule has 2 nitrogen and oxygen atoms in total. The monoisotopic (exact) mass is 787 g/mol. The van der Waals surface area contributed by atoms with Crippen molar-refractivity contribution < 1.29 is 0 Å². The van der Waals surface area contributed by atoms with Crippen LogP contribution < -0.4 is 0 Å². The number of allylic oxidation sites excluding steroid dienone is 13.